The van der Waals surface area contributed by atoms with E-state index in [9.17, 15) is 9.18 Å². The summed E-state index contributed by atoms with van der Waals surface area (Å²) < 4.78 is 13.9. The lowest BCUT2D eigenvalue weighted by Crippen LogP contribution is -2.49. The summed E-state index contributed by atoms with van der Waals surface area (Å²) in [5, 5.41) is 0.846. The minimum Gasteiger partial charge on any atom is -0.366 e. The number of fused-ring (bicyclic) bond motifs is 1. The summed E-state index contributed by atoms with van der Waals surface area (Å²) >= 11 is 0. The molecule has 6 heteroatoms. The summed E-state index contributed by atoms with van der Waals surface area (Å²) in [7, 11) is 0. The molecule has 2 aromatic heterocycles. The molecule has 1 aliphatic heterocycles. The lowest BCUT2D eigenvalue weighted by Gasteiger charge is -2.36. The van der Waals surface area contributed by atoms with Crippen molar-refractivity contribution in [1.29, 1.82) is 0 Å². The van der Waals surface area contributed by atoms with Crippen LogP contribution in [0.2, 0.25) is 0 Å². The number of halogens is 1. The molecule has 3 aromatic rings. The Hall–Kier alpha value is -3.02. The van der Waals surface area contributed by atoms with Crippen molar-refractivity contribution in [3.8, 4) is 0 Å². The maximum atomic E-state index is 13.9. The Morgan fingerprint density at radius 1 is 1.00 bits per heavy atom. The van der Waals surface area contributed by atoms with E-state index in [4.69, 9.17) is 0 Å². The highest BCUT2D eigenvalue weighted by Crippen LogP contribution is 2.22. The third-order valence-corrected chi connectivity index (χ3v) is 4.50. The highest BCUT2D eigenvalue weighted by Gasteiger charge is 2.25. The zero-order chi connectivity index (χ0) is 17.2. The first-order chi connectivity index (χ1) is 12.2. The largest absolute Gasteiger partial charge is 0.366 e. The van der Waals surface area contributed by atoms with Gasteiger partial charge in [0.1, 0.15) is 5.82 Å². The second kappa shape index (κ2) is 6.47. The van der Waals surface area contributed by atoms with Gasteiger partial charge in [0.05, 0.1) is 16.8 Å². The van der Waals surface area contributed by atoms with Crippen LogP contribution in [-0.4, -0.2) is 47.0 Å². The van der Waals surface area contributed by atoms with E-state index in [0.717, 1.165) is 5.39 Å². The Balaban J connectivity index is 1.52. The molecule has 0 aliphatic carbocycles. The first-order valence-corrected chi connectivity index (χ1v) is 8.21. The summed E-state index contributed by atoms with van der Waals surface area (Å²) in [4.78, 5) is 25.1. The van der Waals surface area contributed by atoms with Crippen molar-refractivity contribution in [3.63, 3.8) is 0 Å². The molecule has 1 fully saturated rings. The van der Waals surface area contributed by atoms with Crippen LogP contribution in [0.15, 0.2) is 55.0 Å². The summed E-state index contributed by atoms with van der Waals surface area (Å²) in [6, 6.07) is 10.4. The third kappa shape index (κ3) is 2.91. The van der Waals surface area contributed by atoms with Gasteiger partial charge in [-0.1, -0.05) is 12.1 Å². The normalized spacial score (nSPS) is 14.8. The predicted octanol–water partition coefficient (Wildman–Crippen LogP) is 2.73. The number of aromatic nitrogens is 2. The average Bonchev–Trinajstić information content (AvgIpc) is 2.67. The molecule has 1 saturated heterocycles. The number of hydrogen-bond acceptors (Lipinski definition) is 4. The molecule has 0 atom stereocenters. The van der Waals surface area contributed by atoms with Crippen molar-refractivity contribution in [1.82, 2.24) is 14.9 Å². The highest BCUT2D eigenvalue weighted by molar-refractivity contribution is 6.04. The molecule has 4 rings (SSSR count). The number of amides is 1. The van der Waals surface area contributed by atoms with Gasteiger partial charge >= 0.3 is 0 Å². The van der Waals surface area contributed by atoms with Gasteiger partial charge in [0.25, 0.3) is 5.91 Å². The molecule has 1 amide bonds. The molecule has 126 valence electrons. The zero-order valence-electron chi connectivity index (χ0n) is 13.6. The number of anilines is 1. The van der Waals surface area contributed by atoms with E-state index < -0.39 is 0 Å². The first-order valence-electron chi connectivity index (χ1n) is 8.21. The Morgan fingerprint density at radius 2 is 1.80 bits per heavy atom. The van der Waals surface area contributed by atoms with Crippen LogP contribution in [0.25, 0.3) is 10.9 Å². The smallest absolute Gasteiger partial charge is 0.257 e. The number of piperazine rings is 1. The van der Waals surface area contributed by atoms with Crippen molar-refractivity contribution in [2.45, 2.75) is 0 Å². The number of carbonyl (C=O) groups is 1. The summed E-state index contributed by atoms with van der Waals surface area (Å²) in [6.07, 6.45) is 4.95. The zero-order valence-corrected chi connectivity index (χ0v) is 13.6. The van der Waals surface area contributed by atoms with Gasteiger partial charge in [0, 0.05) is 50.2 Å². The molecule has 0 unspecified atom stereocenters. The van der Waals surface area contributed by atoms with Crippen LogP contribution in [0.3, 0.4) is 0 Å². The van der Waals surface area contributed by atoms with E-state index in [1.807, 2.05) is 23.1 Å². The maximum Gasteiger partial charge on any atom is 0.257 e. The molecule has 0 spiro atoms. The van der Waals surface area contributed by atoms with E-state index in [0.29, 0.717) is 42.9 Å². The lowest BCUT2D eigenvalue weighted by atomic mass is 10.1. The number of para-hydroxylation sites is 1. The summed E-state index contributed by atoms with van der Waals surface area (Å²) in [5.74, 6) is -0.310. The van der Waals surface area contributed by atoms with Gasteiger partial charge in [-0.05, 0) is 24.3 Å². The third-order valence-electron chi connectivity index (χ3n) is 4.50. The van der Waals surface area contributed by atoms with Gasteiger partial charge in [0.2, 0.25) is 0 Å². The summed E-state index contributed by atoms with van der Waals surface area (Å²) in [6.45, 7) is 2.27. The maximum absolute atomic E-state index is 13.9. The van der Waals surface area contributed by atoms with E-state index in [-0.39, 0.29) is 11.7 Å². The van der Waals surface area contributed by atoms with Crippen LogP contribution in [-0.2, 0) is 0 Å². The monoisotopic (exact) mass is 336 g/mol. The fourth-order valence-corrected chi connectivity index (χ4v) is 3.19. The Labute approximate surface area is 144 Å². The standard InChI is InChI=1S/C19H17FN4O/c20-16-5-1-2-6-17(16)23-8-10-24(11-9-23)19(25)15-13-21-12-14-4-3-7-22-18(14)15/h1-7,12-13H,8-11H2. The van der Waals surface area contributed by atoms with Crippen LogP contribution < -0.4 is 4.90 Å². The number of pyridine rings is 2. The van der Waals surface area contributed by atoms with E-state index in [1.54, 1.807) is 35.6 Å². The number of rotatable bonds is 2. The number of benzene rings is 1. The minimum absolute atomic E-state index is 0.0787. The van der Waals surface area contributed by atoms with Crippen molar-refractivity contribution >= 4 is 22.5 Å². The molecule has 0 saturated carbocycles. The van der Waals surface area contributed by atoms with Gasteiger partial charge in [-0.15, -0.1) is 0 Å². The topological polar surface area (TPSA) is 49.3 Å². The van der Waals surface area contributed by atoms with E-state index in [2.05, 4.69) is 9.97 Å². The van der Waals surface area contributed by atoms with E-state index >= 15 is 0 Å². The molecule has 5 nitrogen and oxygen atoms in total. The molecule has 0 bridgehead atoms. The highest BCUT2D eigenvalue weighted by atomic mass is 19.1. The average molecular weight is 336 g/mol. The van der Waals surface area contributed by atoms with Crippen LogP contribution in [0.4, 0.5) is 10.1 Å². The minimum atomic E-state index is -0.232. The van der Waals surface area contributed by atoms with Crippen LogP contribution in [0.1, 0.15) is 10.4 Å². The van der Waals surface area contributed by atoms with Crippen molar-refractivity contribution in [2.75, 3.05) is 31.1 Å². The van der Waals surface area contributed by atoms with Gasteiger partial charge in [-0.2, -0.15) is 0 Å². The van der Waals surface area contributed by atoms with Crippen molar-refractivity contribution in [3.05, 3.63) is 66.4 Å². The molecular weight excluding hydrogens is 319 g/mol. The predicted molar refractivity (Wildman–Crippen MR) is 94.1 cm³/mol. The van der Waals surface area contributed by atoms with Gasteiger partial charge < -0.3 is 9.80 Å². The van der Waals surface area contributed by atoms with Crippen LogP contribution in [0.5, 0.6) is 0 Å². The van der Waals surface area contributed by atoms with E-state index in [1.165, 1.54) is 6.07 Å². The van der Waals surface area contributed by atoms with Crippen LogP contribution >= 0.6 is 0 Å². The second-order valence-corrected chi connectivity index (χ2v) is 5.99. The first kappa shape index (κ1) is 15.5. The molecule has 25 heavy (non-hydrogen) atoms. The number of nitrogens with zero attached hydrogens (tertiary/aromatic N) is 4. The van der Waals surface area contributed by atoms with Gasteiger partial charge in [0.15, 0.2) is 0 Å². The molecule has 0 radical (unpaired) electrons. The number of hydrogen-bond donors (Lipinski definition) is 0. The fourth-order valence-electron chi connectivity index (χ4n) is 3.19. The molecule has 3 heterocycles. The summed E-state index contributed by atoms with van der Waals surface area (Å²) in [5.41, 5.74) is 1.76. The molecule has 1 aliphatic rings. The number of carbonyl (C=O) groups excluding carboxylic acids is 1. The van der Waals surface area contributed by atoms with Crippen LogP contribution in [0, 0.1) is 5.82 Å². The Bertz CT molecular complexity index is 917. The SMILES string of the molecule is O=C(c1cncc2cccnc12)N1CCN(c2ccccc2F)CC1. The Kier molecular flexibility index (Phi) is 4.01. The molecular formula is C19H17FN4O. The molecule has 0 N–H and O–H groups in total. The van der Waals surface area contributed by atoms with Gasteiger partial charge in [-0.25, -0.2) is 4.39 Å². The lowest BCUT2D eigenvalue weighted by molar-refractivity contribution is 0.0748. The molecule has 1 aromatic carbocycles. The van der Waals surface area contributed by atoms with Gasteiger partial charge in [-0.3, -0.25) is 14.8 Å². The van der Waals surface area contributed by atoms with Crippen molar-refractivity contribution in [2.24, 2.45) is 0 Å². The van der Waals surface area contributed by atoms with Crippen molar-refractivity contribution < 1.29 is 9.18 Å². The quantitative estimate of drug-likeness (QED) is 0.722. The fraction of sp³-hybridized carbons (Fsp3) is 0.211. The Morgan fingerprint density at radius 3 is 2.60 bits per heavy atom. The second-order valence-electron chi connectivity index (χ2n) is 5.99.